The second kappa shape index (κ2) is 4.22. The molecule has 0 aromatic heterocycles. The van der Waals surface area contributed by atoms with Crippen molar-refractivity contribution >= 4 is 10.1 Å². The maximum absolute atomic E-state index is 10.7. The Morgan fingerprint density at radius 3 is 2.23 bits per heavy atom. The highest BCUT2D eigenvalue weighted by Gasteiger charge is 2.14. The Morgan fingerprint density at radius 1 is 1.31 bits per heavy atom. The van der Waals surface area contributed by atoms with Gasteiger partial charge in [0.05, 0.1) is 7.11 Å². The summed E-state index contributed by atoms with van der Waals surface area (Å²) in [6, 6.07) is 5.86. The molecule has 0 atom stereocenters. The van der Waals surface area contributed by atoms with Crippen molar-refractivity contribution in [3.8, 4) is 5.75 Å². The Morgan fingerprint density at radius 2 is 1.85 bits per heavy atom. The smallest absolute Gasteiger partial charge is 0.298 e. The lowest BCUT2D eigenvalue weighted by Crippen LogP contribution is -2.00. The third-order valence-electron chi connectivity index (χ3n) is 1.35. The lowest BCUT2D eigenvalue weighted by Gasteiger charge is -2.03. The van der Waals surface area contributed by atoms with Crippen LogP contribution in [0.4, 0.5) is 0 Å². The molecule has 0 aliphatic heterocycles. The summed E-state index contributed by atoms with van der Waals surface area (Å²) in [7, 11) is -2.83. The van der Waals surface area contributed by atoms with E-state index < -0.39 is 10.1 Å². The summed E-state index contributed by atoms with van der Waals surface area (Å²) >= 11 is 0. The van der Waals surface area contributed by atoms with Crippen LogP contribution in [-0.2, 0) is 10.1 Å². The minimum Gasteiger partial charge on any atom is -0.495 e. The largest absolute Gasteiger partial charge is 0.495 e. The molecule has 1 aromatic carbocycles. The number of rotatable bonds is 2. The summed E-state index contributed by atoms with van der Waals surface area (Å²) in [4.78, 5) is -0.215. The first-order valence-electron chi connectivity index (χ1n) is 3.16. The van der Waals surface area contributed by atoms with Gasteiger partial charge in [0.1, 0.15) is 10.6 Å². The molecule has 0 spiro atoms. The van der Waals surface area contributed by atoms with E-state index >= 15 is 0 Å². The number of para-hydroxylation sites is 1. The van der Waals surface area contributed by atoms with Gasteiger partial charge in [0.25, 0.3) is 10.1 Å². The molecule has 1 aromatic rings. The van der Waals surface area contributed by atoms with E-state index in [0.717, 1.165) is 0 Å². The van der Waals surface area contributed by atoms with Crippen LogP contribution in [0.1, 0.15) is 0 Å². The van der Waals surface area contributed by atoms with Crippen LogP contribution < -0.4 is 10.9 Å². The molecule has 0 heterocycles. The average Bonchev–Trinajstić information content (AvgIpc) is 2.03. The van der Waals surface area contributed by atoms with Crippen molar-refractivity contribution < 1.29 is 17.7 Å². The minimum absolute atomic E-state index is 0. The highest BCUT2D eigenvalue weighted by atomic mass is 32.2. The maximum atomic E-state index is 10.7. The molecule has 0 fully saturated rings. The third kappa shape index (κ3) is 2.69. The van der Waals surface area contributed by atoms with E-state index in [4.69, 9.17) is 9.29 Å². The van der Waals surface area contributed by atoms with Crippen LogP contribution in [0.3, 0.4) is 0 Å². The number of ether oxygens (including phenoxy) is 1. The zero-order valence-corrected chi connectivity index (χ0v) is 7.91. The molecule has 6 heteroatoms. The molecule has 1 rings (SSSR count). The van der Waals surface area contributed by atoms with Crippen molar-refractivity contribution in [3.05, 3.63) is 24.3 Å². The van der Waals surface area contributed by atoms with Crippen molar-refractivity contribution in [1.29, 1.82) is 0 Å². The van der Waals surface area contributed by atoms with Crippen LogP contribution in [-0.4, -0.2) is 20.1 Å². The van der Waals surface area contributed by atoms with Gasteiger partial charge in [-0.25, -0.2) is 0 Å². The van der Waals surface area contributed by atoms with Crippen molar-refractivity contribution in [1.82, 2.24) is 6.15 Å². The molecular formula is C7H11NO4S. The fourth-order valence-corrected chi connectivity index (χ4v) is 1.49. The van der Waals surface area contributed by atoms with E-state index in [2.05, 4.69) is 0 Å². The van der Waals surface area contributed by atoms with Crippen LogP contribution in [0.5, 0.6) is 5.75 Å². The second-order valence-electron chi connectivity index (χ2n) is 2.13. The molecule has 5 nitrogen and oxygen atoms in total. The molecule has 0 aliphatic carbocycles. The molecule has 0 saturated carbocycles. The molecule has 0 bridgehead atoms. The monoisotopic (exact) mass is 205 g/mol. The van der Waals surface area contributed by atoms with Gasteiger partial charge in [0, 0.05) is 0 Å². The number of hydrogen-bond acceptors (Lipinski definition) is 4. The van der Waals surface area contributed by atoms with Crippen molar-refractivity contribution in [2.75, 3.05) is 7.11 Å². The summed E-state index contributed by atoms with van der Waals surface area (Å²) in [5.74, 6) is 0.139. The molecule has 0 saturated heterocycles. The molecule has 4 N–H and O–H groups in total. The molecule has 74 valence electrons. The van der Waals surface area contributed by atoms with Crippen LogP contribution in [0, 0.1) is 0 Å². The van der Waals surface area contributed by atoms with Crippen LogP contribution in [0.25, 0.3) is 0 Å². The molecule has 0 amide bonds. The van der Waals surface area contributed by atoms with Gasteiger partial charge < -0.3 is 10.9 Å². The standard InChI is InChI=1S/C7H8O4S.H3N/c1-11-6-4-2-3-5-7(6)12(8,9)10;/h2-5H,1H3,(H,8,9,10);1H3. The highest BCUT2D eigenvalue weighted by molar-refractivity contribution is 7.86. The van der Waals surface area contributed by atoms with E-state index in [1.807, 2.05) is 0 Å². The molecule has 0 aliphatic rings. The summed E-state index contributed by atoms with van der Waals surface area (Å²) < 4.78 is 34.8. The Labute approximate surface area is 76.7 Å². The molecular weight excluding hydrogens is 194 g/mol. The van der Waals surface area contributed by atoms with Gasteiger partial charge >= 0.3 is 0 Å². The fraction of sp³-hybridized carbons (Fsp3) is 0.143. The summed E-state index contributed by atoms with van der Waals surface area (Å²) in [5, 5.41) is 0. The molecule has 13 heavy (non-hydrogen) atoms. The Hall–Kier alpha value is -1.11. The number of benzene rings is 1. The van der Waals surface area contributed by atoms with E-state index in [1.165, 1.54) is 25.3 Å². The van der Waals surface area contributed by atoms with Gasteiger partial charge in [-0.05, 0) is 12.1 Å². The fourth-order valence-electron chi connectivity index (χ4n) is 0.832. The lowest BCUT2D eigenvalue weighted by atomic mass is 10.3. The first-order chi connectivity index (χ1) is 5.55. The highest BCUT2D eigenvalue weighted by Crippen LogP contribution is 2.21. The van der Waals surface area contributed by atoms with E-state index in [-0.39, 0.29) is 16.8 Å². The van der Waals surface area contributed by atoms with E-state index in [1.54, 1.807) is 6.07 Å². The van der Waals surface area contributed by atoms with Crippen molar-refractivity contribution in [3.63, 3.8) is 0 Å². The molecule has 0 unspecified atom stereocenters. The number of hydrogen-bond donors (Lipinski definition) is 2. The van der Waals surface area contributed by atoms with Crippen molar-refractivity contribution in [2.24, 2.45) is 0 Å². The summed E-state index contributed by atoms with van der Waals surface area (Å²) in [6.07, 6.45) is 0. The topological polar surface area (TPSA) is 98.6 Å². The summed E-state index contributed by atoms with van der Waals surface area (Å²) in [6.45, 7) is 0. The predicted octanol–water partition coefficient (Wildman–Crippen LogP) is 1.10. The zero-order chi connectivity index (χ0) is 9.19. The second-order valence-corrected chi connectivity index (χ2v) is 3.52. The maximum Gasteiger partial charge on any atom is 0.298 e. The van der Waals surface area contributed by atoms with Gasteiger partial charge in [0.15, 0.2) is 0 Å². The van der Waals surface area contributed by atoms with Gasteiger partial charge in [-0.2, -0.15) is 8.42 Å². The normalized spacial score (nSPS) is 10.3. The van der Waals surface area contributed by atoms with Gasteiger partial charge in [0.2, 0.25) is 0 Å². The van der Waals surface area contributed by atoms with E-state index in [0.29, 0.717) is 0 Å². The Kier molecular flexibility index (Phi) is 3.86. The first kappa shape index (κ1) is 11.9. The zero-order valence-electron chi connectivity index (χ0n) is 7.10. The van der Waals surface area contributed by atoms with Crippen LogP contribution >= 0.6 is 0 Å². The number of methoxy groups -OCH3 is 1. The third-order valence-corrected chi connectivity index (χ3v) is 2.24. The quantitative estimate of drug-likeness (QED) is 0.704. The Bertz CT molecular complexity index is 374. The van der Waals surface area contributed by atoms with E-state index in [9.17, 15) is 8.42 Å². The van der Waals surface area contributed by atoms with Gasteiger partial charge in [-0.1, -0.05) is 12.1 Å². The van der Waals surface area contributed by atoms with Gasteiger partial charge in [-0.3, -0.25) is 4.55 Å². The lowest BCUT2D eigenvalue weighted by molar-refractivity contribution is 0.397. The first-order valence-corrected chi connectivity index (χ1v) is 4.60. The SMILES string of the molecule is COc1ccccc1S(=O)(=O)O.N. The predicted molar refractivity (Wildman–Crippen MR) is 47.8 cm³/mol. The van der Waals surface area contributed by atoms with Crippen LogP contribution in [0.2, 0.25) is 0 Å². The Balaban J connectivity index is 0.00000144. The summed E-state index contributed by atoms with van der Waals surface area (Å²) in [5.41, 5.74) is 0. The van der Waals surface area contributed by atoms with Crippen molar-refractivity contribution in [2.45, 2.75) is 4.90 Å². The molecule has 0 radical (unpaired) electrons. The average molecular weight is 205 g/mol. The van der Waals surface area contributed by atoms with Gasteiger partial charge in [-0.15, -0.1) is 0 Å². The minimum atomic E-state index is -4.17. The van der Waals surface area contributed by atoms with Crippen LogP contribution in [0.15, 0.2) is 29.2 Å².